The van der Waals surface area contributed by atoms with Crippen molar-refractivity contribution in [2.24, 2.45) is 0 Å². The van der Waals surface area contributed by atoms with E-state index >= 15 is 0 Å². The number of nitrogens with zero attached hydrogens (tertiary/aromatic N) is 2. The average Bonchev–Trinajstić information content (AvgIpc) is 2.97. The lowest BCUT2D eigenvalue weighted by Crippen LogP contribution is -2.43. The second kappa shape index (κ2) is 6.10. The van der Waals surface area contributed by atoms with E-state index in [1.807, 2.05) is 27.7 Å². The lowest BCUT2D eigenvalue weighted by atomic mass is 9.82. The van der Waals surface area contributed by atoms with Gasteiger partial charge in [0.2, 0.25) is 0 Å². The molecule has 0 unspecified atom stereocenters. The molecule has 1 N–H and O–H groups in total. The molecule has 1 aromatic heterocycles. The van der Waals surface area contributed by atoms with Gasteiger partial charge >= 0.3 is 13.1 Å². The lowest BCUT2D eigenvalue weighted by molar-refractivity contribution is -0.139. The smallest absolute Gasteiger partial charge is 0.480 e. The highest BCUT2D eigenvalue weighted by Gasteiger charge is 2.52. The molecule has 0 spiro atoms. The molecule has 1 aromatic rings. The van der Waals surface area contributed by atoms with Crippen LogP contribution in [0, 0.1) is 0 Å². The summed E-state index contributed by atoms with van der Waals surface area (Å²) in [5, 5.41) is 13.5. The third kappa shape index (κ3) is 3.61. The summed E-state index contributed by atoms with van der Waals surface area (Å²) in [5.74, 6) is -1.37. The van der Waals surface area contributed by atoms with Gasteiger partial charge in [-0.2, -0.15) is 5.10 Å². The molecule has 0 bridgehead atoms. The van der Waals surface area contributed by atoms with Gasteiger partial charge in [0.05, 0.1) is 11.2 Å². The highest BCUT2D eigenvalue weighted by Crippen LogP contribution is 2.36. The second-order valence-corrected chi connectivity index (χ2v) is 10.1. The Hall–Kier alpha value is -1.39. The van der Waals surface area contributed by atoms with Crippen molar-refractivity contribution in [2.75, 3.05) is 6.26 Å². The molecule has 140 valence electrons. The fourth-order valence-electron chi connectivity index (χ4n) is 2.38. The molecule has 1 aliphatic rings. The molecule has 0 aromatic carbocycles. The number of aromatic nitrogens is 2. The quantitative estimate of drug-likeness (QED) is 0.723. The van der Waals surface area contributed by atoms with E-state index in [1.54, 1.807) is 12.4 Å². The first-order valence-corrected chi connectivity index (χ1v) is 9.90. The summed E-state index contributed by atoms with van der Waals surface area (Å²) < 4.78 is 35.2. The molecule has 1 aliphatic heterocycles. The van der Waals surface area contributed by atoms with E-state index in [4.69, 9.17) is 9.31 Å². The molecule has 0 radical (unpaired) electrons. The van der Waals surface area contributed by atoms with Gasteiger partial charge in [-0.25, -0.2) is 8.42 Å². The Kier molecular flexibility index (Phi) is 4.86. The van der Waals surface area contributed by atoms with Gasteiger partial charge < -0.3 is 14.4 Å². The zero-order valence-electron chi connectivity index (χ0n) is 15.4. The summed E-state index contributed by atoms with van der Waals surface area (Å²) in [6.45, 7) is 9.14. The highest BCUT2D eigenvalue weighted by molar-refractivity contribution is 7.92. The predicted molar refractivity (Wildman–Crippen MR) is 93.4 cm³/mol. The topological polar surface area (TPSA) is 108 Å². The Morgan fingerprint density at radius 3 is 2.28 bits per heavy atom. The molecule has 0 aliphatic carbocycles. The number of carbonyl (C=O) groups is 1. The van der Waals surface area contributed by atoms with Gasteiger partial charge in [-0.3, -0.25) is 9.48 Å². The number of carboxylic acids is 1. The van der Waals surface area contributed by atoms with Crippen molar-refractivity contribution in [3.8, 4) is 0 Å². The van der Waals surface area contributed by atoms with E-state index in [-0.39, 0.29) is 13.0 Å². The van der Waals surface area contributed by atoms with E-state index in [0.29, 0.717) is 5.46 Å². The van der Waals surface area contributed by atoms with Gasteiger partial charge in [-0.1, -0.05) is 0 Å². The van der Waals surface area contributed by atoms with Gasteiger partial charge in [0.1, 0.15) is 0 Å². The van der Waals surface area contributed by atoms with Crippen molar-refractivity contribution in [2.45, 2.75) is 63.5 Å². The Labute approximate surface area is 148 Å². The number of sulfone groups is 1. The summed E-state index contributed by atoms with van der Waals surface area (Å²) in [6, 6.07) is 0. The van der Waals surface area contributed by atoms with E-state index in [9.17, 15) is 18.3 Å². The fraction of sp³-hybridized carbons (Fsp3) is 0.733. The minimum absolute atomic E-state index is 0.0916. The van der Waals surface area contributed by atoms with Crippen LogP contribution < -0.4 is 5.46 Å². The maximum atomic E-state index is 11.8. The molecule has 10 heteroatoms. The van der Waals surface area contributed by atoms with E-state index in [1.165, 1.54) is 11.6 Å². The molecule has 2 rings (SSSR count). The SMILES string of the molecule is CC1(C)OB(c2cnn(CC[C@](C)(C(=O)O)S(C)(=O)=O)c2)OC1(C)C. The van der Waals surface area contributed by atoms with Crippen molar-refractivity contribution in [1.29, 1.82) is 0 Å². The van der Waals surface area contributed by atoms with E-state index in [0.717, 1.165) is 6.26 Å². The average molecular weight is 372 g/mol. The zero-order chi connectivity index (χ0) is 19.3. The number of hydrogen-bond acceptors (Lipinski definition) is 6. The number of aryl methyl sites for hydroxylation is 1. The molecule has 1 fully saturated rings. The summed E-state index contributed by atoms with van der Waals surface area (Å²) in [6.07, 6.45) is 4.11. The van der Waals surface area contributed by atoms with Gasteiger partial charge in [-0.15, -0.1) is 0 Å². The van der Waals surface area contributed by atoms with Gasteiger partial charge in [0.15, 0.2) is 14.6 Å². The maximum Gasteiger partial charge on any atom is 0.498 e. The summed E-state index contributed by atoms with van der Waals surface area (Å²) in [4.78, 5) is 11.4. The first-order chi connectivity index (χ1) is 11.2. The van der Waals surface area contributed by atoms with Gasteiger partial charge in [0, 0.05) is 30.7 Å². The van der Waals surface area contributed by atoms with Crippen LogP contribution in [0.3, 0.4) is 0 Å². The summed E-state index contributed by atoms with van der Waals surface area (Å²) in [7, 11) is -4.33. The van der Waals surface area contributed by atoms with Crippen LogP contribution in [-0.4, -0.2) is 58.6 Å². The van der Waals surface area contributed by atoms with E-state index in [2.05, 4.69) is 5.10 Å². The number of aliphatic carboxylic acids is 1. The predicted octanol–water partition coefficient (Wildman–Crippen LogP) is 0.460. The van der Waals surface area contributed by atoms with Crippen LogP contribution in [0.1, 0.15) is 41.0 Å². The van der Waals surface area contributed by atoms with Crippen LogP contribution in [0.4, 0.5) is 0 Å². The molecule has 0 amide bonds. The van der Waals surface area contributed by atoms with Crippen LogP contribution in [-0.2, 0) is 30.5 Å². The van der Waals surface area contributed by atoms with Crippen LogP contribution in [0.2, 0.25) is 0 Å². The Balaban J connectivity index is 2.12. The van der Waals surface area contributed by atoms with Crippen molar-refractivity contribution in [3.05, 3.63) is 12.4 Å². The largest absolute Gasteiger partial charge is 0.498 e. The normalized spacial score (nSPS) is 21.9. The van der Waals surface area contributed by atoms with Gasteiger partial charge in [0.25, 0.3) is 0 Å². The number of rotatable bonds is 6. The molecular formula is C15H25BN2O6S. The van der Waals surface area contributed by atoms with Crippen molar-refractivity contribution < 1.29 is 27.6 Å². The van der Waals surface area contributed by atoms with Crippen molar-refractivity contribution >= 4 is 28.4 Å². The molecule has 1 atom stereocenters. The number of hydrogen-bond donors (Lipinski definition) is 1. The molecule has 1 saturated heterocycles. The Bertz CT molecular complexity index is 757. The van der Waals surface area contributed by atoms with E-state index < -0.39 is 38.9 Å². The molecule has 0 saturated carbocycles. The van der Waals surface area contributed by atoms with Gasteiger partial charge in [-0.05, 0) is 41.0 Å². The maximum absolute atomic E-state index is 11.8. The minimum Gasteiger partial charge on any atom is -0.480 e. The van der Waals surface area contributed by atoms with Crippen molar-refractivity contribution in [1.82, 2.24) is 9.78 Å². The van der Waals surface area contributed by atoms with Crippen LogP contribution in [0.15, 0.2) is 12.4 Å². The Morgan fingerprint density at radius 1 is 1.32 bits per heavy atom. The molecule has 25 heavy (non-hydrogen) atoms. The molecular weight excluding hydrogens is 347 g/mol. The van der Waals surface area contributed by atoms with Crippen LogP contribution in [0.5, 0.6) is 0 Å². The van der Waals surface area contributed by atoms with Crippen LogP contribution in [0.25, 0.3) is 0 Å². The third-order valence-corrected chi connectivity index (χ3v) is 7.28. The molecule has 2 heterocycles. The van der Waals surface area contributed by atoms with Crippen LogP contribution >= 0.6 is 0 Å². The minimum atomic E-state index is -3.76. The first-order valence-electron chi connectivity index (χ1n) is 8.01. The fourth-order valence-corrected chi connectivity index (χ4v) is 3.16. The lowest BCUT2D eigenvalue weighted by Gasteiger charge is -2.32. The monoisotopic (exact) mass is 372 g/mol. The zero-order valence-corrected chi connectivity index (χ0v) is 16.3. The molecule has 8 nitrogen and oxygen atoms in total. The standard InChI is InChI=1S/C15H25BN2O6S/c1-13(2)14(3,4)24-16(23-13)11-9-17-18(10-11)8-7-15(5,12(19)20)25(6,21)22/h9-10H,7-8H2,1-6H3,(H,19,20)/t15-/m1/s1. The summed E-state index contributed by atoms with van der Waals surface area (Å²) >= 11 is 0. The Morgan fingerprint density at radius 2 is 1.84 bits per heavy atom. The number of carboxylic acid groups (broad SMARTS) is 1. The second-order valence-electron chi connectivity index (χ2n) is 7.68. The third-order valence-electron chi connectivity index (χ3n) is 5.27. The first kappa shape index (κ1) is 19.9. The highest BCUT2D eigenvalue weighted by atomic mass is 32.2. The summed E-state index contributed by atoms with van der Waals surface area (Å²) in [5.41, 5.74) is -0.245. The van der Waals surface area contributed by atoms with Crippen molar-refractivity contribution in [3.63, 3.8) is 0 Å².